The van der Waals surface area contributed by atoms with Crippen LogP contribution in [0.15, 0.2) is 59.3 Å². The van der Waals surface area contributed by atoms with E-state index in [2.05, 4.69) is 41.5 Å². The Morgan fingerprint density at radius 2 is 1.96 bits per heavy atom. The first kappa shape index (κ1) is 18.1. The summed E-state index contributed by atoms with van der Waals surface area (Å²) in [5.74, 6) is 1.15. The zero-order valence-corrected chi connectivity index (χ0v) is 17.0. The van der Waals surface area contributed by atoms with Gasteiger partial charge < -0.3 is 15.6 Å². The number of benzene rings is 2. The first-order chi connectivity index (χ1) is 13.1. The highest BCUT2D eigenvalue weighted by Crippen LogP contribution is 2.26. The summed E-state index contributed by atoms with van der Waals surface area (Å²) in [6, 6.07) is 13.4. The lowest BCUT2D eigenvalue weighted by molar-refractivity contribution is 1.07. The Hall–Kier alpha value is -2.28. The van der Waals surface area contributed by atoms with Crippen LogP contribution >= 0.6 is 39.1 Å². The van der Waals surface area contributed by atoms with Gasteiger partial charge in [-0.15, -0.1) is 0 Å². The molecule has 5 nitrogen and oxygen atoms in total. The molecule has 0 fully saturated rings. The van der Waals surface area contributed by atoms with Gasteiger partial charge in [0.15, 0.2) is 0 Å². The number of H-pyrrole nitrogens is 1. The summed E-state index contributed by atoms with van der Waals surface area (Å²) >= 11 is 15.7. The number of halogens is 3. The van der Waals surface area contributed by atoms with Crippen molar-refractivity contribution in [2.45, 2.75) is 6.54 Å². The second-order valence-electron chi connectivity index (χ2n) is 5.88. The van der Waals surface area contributed by atoms with Crippen LogP contribution in [-0.2, 0) is 6.54 Å². The quantitative estimate of drug-likeness (QED) is 0.321. The maximum absolute atomic E-state index is 6.22. The molecule has 0 saturated carbocycles. The standard InChI is InChI=1S/C19H14BrCl2N5/c20-15-10-25-19(26-14-2-4-17-11(8-14)5-6-23-17)27-18(15)24-9-12-7-13(21)1-3-16(12)22/h1-8,10,23H,9H2,(H2,24,25,26,27). The summed E-state index contributed by atoms with van der Waals surface area (Å²) in [7, 11) is 0. The number of fused-ring (bicyclic) bond motifs is 1. The predicted molar refractivity (Wildman–Crippen MR) is 115 cm³/mol. The average molecular weight is 463 g/mol. The van der Waals surface area contributed by atoms with Gasteiger partial charge in [-0.25, -0.2) is 4.98 Å². The van der Waals surface area contributed by atoms with Crippen molar-refractivity contribution in [3.63, 3.8) is 0 Å². The highest BCUT2D eigenvalue weighted by Gasteiger charge is 2.08. The maximum Gasteiger partial charge on any atom is 0.229 e. The molecule has 8 heteroatoms. The van der Waals surface area contributed by atoms with Crippen LogP contribution in [0.25, 0.3) is 10.9 Å². The Kier molecular flexibility index (Phi) is 5.20. The van der Waals surface area contributed by atoms with E-state index in [1.54, 1.807) is 18.3 Å². The molecule has 0 saturated heterocycles. The predicted octanol–water partition coefficient (Wildman–Crippen LogP) is 6.38. The Morgan fingerprint density at radius 1 is 1.07 bits per heavy atom. The molecule has 0 aliphatic carbocycles. The van der Waals surface area contributed by atoms with Gasteiger partial charge in [0.1, 0.15) is 5.82 Å². The normalized spacial score (nSPS) is 10.9. The number of rotatable bonds is 5. The van der Waals surface area contributed by atoms with Crippen molar-refractivity contribution >= 4 is 67.5 Å². The molecule has 136 valence electrons. The molecule has 27 heavy (non-hydrogen) atoms. The number of anilines is 3. The molecule has 4 aromatic rings. The Bertz CT molecular complexity index is 1110. The summed E-state index contributed by atoms with van der Waals surface area (Å²) in [5, 5.41) is 8.90. The van der Waals surface area contributed by atoms with E-state index in [1.165, 1.54) is 0 Å². The molecule has 2 heterocycles. The van der Waals surface area contributed by atoms with Crippen molar-refractivity contribution in [1.29, 1.82) is 0 Å². The molecule has 0 aliphatic heterocycles. The Labute approximate surface area is 174 Å². The van der Waals surface area contributed by atoms with Gasteiger partial charge in [0.05, 0.1) is 4.47 Å². The van der Waals surface area contributed by atoms with Crippen LogP contribution in [-0.4, -0.2) is 15.0 Å². The van der Waals surface area contributed by atoms with E-state index in [4.69, 9.17) is 23.2 Å². The zero-order valence-electron chi connectivity index (χ0n) is 13.9. The molecule has 0 radical (unpaired) electrons. The molecule has 0 unspecified atom stereocenters. The van der Waals surface area contributed by atoms with Crippen LogP contribution in [0.1, 0.15) is 5.56 Å². The van der Waals surface area contributed by atoms with E-state index in [9.17, 15) is 0 Å². The molecule has 0 amide bonds. The summed E-state index contributed by atoms with van der Waals surface area (Å²) in [6.45, 7) is 0.490. The van der Waals surface area contributed by atoms with Crippen LogP contribution < -0.4 is 10.6 Å². The molecule has 2 aromatic carbocycles. The van der Waals surface area contributed by atoms with E-state index in [0.29, 0.717) is 28.4 Å². The topological polar surface area (TPSA) is 65.6 Å². The van der Waals surface area contributed by atoms with Crippen molar-refractivity contribution in [2.24, 2.45) is 0 Å². The van der Waals surface area contributed by atoms with Crippen molar-refractivity contribution in [2.75, 3.05) is 10.6 Å². The minimum absolute atomic E-state index is 0.490. The van der Waals surface area contributed by atoms with Crippen LogP contribution in [0, 0.1) is 0 Å². The third-order valence-corrected chi connectivity index (χ3v) is 5.19. The lowest BCUT2D eigenvalue weighted by Crippen LogP contribution is -2.05. The second kappa shape index (κ2) is 7.76. The molecule has 3 N–H and O–H groups in total. The third-order valence-electron chi connectivity index (χ3n) is 4.01. The smallest absolute Gasteiger partial charge is 0.229 e. The number of aromatic nitrogens is 3. The molecule has 0 atom stereocenters. The fourth-order valence-corrected chi connectivity index (χ4v) is 3.38. The third kappa shape index (κ3) is 4.18. The van der Waals surface area contributed by atoms with Gasteiger partial charge in [0, 0.05) is 45.6 Å². The van der Waals surface area contributed by atoms with Crippen LogP contribution in [0.5, 0.6) is 0 Å². The van der Waals surface area contributed by atoms with Gasteiger partial charge in [-0.2, -0.15) is 4.98 Å². The number of nitrogens with zero attached hydrogens (tertiary/aromatic N) is 2. The van der Waals surface area contributed by atoms with E-state index in [1.807, 2.05) is 36.5 Å². The van der Waals surface area contributed by atoms with Gasteiger partial charge in [-0.05, 0) is 64.0 Å². The minimum atomic E-state index is 0.490. The SMILES string of the molecule is Clc1ccc(Cl)c(CNc2nc(Nc3ccc4[nH]ccc4c3)ncc2Br)c1. The van der Waals surface area contributed by atoms with Crippen molar-refractivity contribution in [1.82, 2.24) is 15.0 Å². The van der Waals surface area contributed by atoms with Crippen LogP contribution in [0.4, 0.5) is 17.5 Å². The Morgan fingerprint density at radius 3 is 2.85 bits per heavy atom. The highest BCUT2D eigenvalue weighted by molar-refractivity contribution is 9.10. The molecule has 0 spiro atoms. The molecule has 0 bridgehead atoms. The molecular weight excluding hydrogens is 449 g/mol. The van der Waals surface area contributed by atoms with Crippen molar-refractivity contribution in [3.05, 3.63) is 74.9 Å². The summed E-state index contributed by atoms with van der Waals surface area (Å²) in [4.78, 5) is 12.0. The van der Waals surface area contributed by atoms with Crippen molar-refractivity contribution in [3.8, 4) is 0 Å². The molecule has 2 aromatic heterocycles. The van der Waals surface area contributed by atoms with Gasteiger partial charge in [0.2, 0.25) is 5.95 Å². The lowest BCUT2D eigenvalue weighted by Gasteiger charge is -2.11. The van der Waals surface area contributed by atoms with Crippen LogP contribution in [0.2, 0.25) is 10.0 Å². The maximum atomic E-state index is 6.22. The number of aromatic amines is 1. The highest BCUT2D eigenvalue weighted by atomic mass is 79.9. The summed E-state index contributed by atoms with van der Waals surface area (Å²) < 4.78 is 0.757. The molecule has 0 aliphatic rings. The number of hydrogen-bond donors (Lipinski definition) is 3. The number of hydrogen-bond acceptors (Lipinski definition) is 4. The minimum Gasteiger partial charge on any atom is -0.365 e. The van der Waals surface area contributed by atoms with Gasteiger partial charge in [0.25, 0.3) is 0 Å². The van der Waals surface area contributed by atoms with E-state index >= 15 is 0 Å². The molecular formula is C19H14BrCl2N5. The van der Waals surface area contributed by atoms with Crippen molar-refractivity contribution < 1.29 is 0 Å². The fourth-order valence-electron chi connectivity index (χ4n) is 2.67. The first-order valence-electron chi connectivity index (χ1n) is 8.13. The summed E-state index contributed by atoms with van der Waals surface area (Å²) in [6.07, 6.45) is 3.61. The lowest BCUT2D eigenvalue weighted by atomic mass is 10.2. The van der Waals surface area contributed by atoms with Gasteiger partial charge in [-0.1, -0.05) is 23.2 Å². The monoisotopic (exact) mass is 461 g/mol. The van der Waals surface area contributed by atoms with E-state index < -0.39 is 0 Å². The second-order valence-corrected chi connectivity index (χ2v) is 7.58. The first-order valence-corrected chi connectivity index (χ1v) is 9.68. The zero-order chi connectivity index (χ0) is 18.8. The van der Waals surface area contributed by atoms with Gasteiger partial charge >= 0.3 is 0 Å². The fraction of sp³-hybridized carbons (Fsp3) is 0.0526. The number of nitrogens with one attached hydrogen (secondary N) is 3. The average Bonchev–Trinajstić information content (AvgIpc) is 3.12. The van der Waals surface area contributed by atoms with Crippen LogP contribution in [0.3, 0.4) is 0 Å². The van der Waals surface area contributed by atoms with Gasteiger partial charge in [-0.3, -0.25) is 0 Å². The summed E-state index contributed by atoms with van der Waals surface area (Å²) in [5.41, 5.74) is 2.88. The Balaban J connectivity index is 1.53. The largest absolute Gasteiger partial charge is 0.365 e. The van der Waals surface area contributed by atoms with E-state index in [0.717, 1.165) is 26.6 Å². The van der Waals surface area contributed by atoms with E-state index in [-0.39, 0.29) is 0 Å². The molecule has 4 rings (SSSR count).